The van der Waals surface area contributed by atoms with E-state index in [0.717, 1.165) is 0 Å². The highest BCUT2D eigenvalue weighted by Crippen LogP contribution is 2.24. The number of carboxylic acids is 1. The Balaban J connectivity index is 2.46. The van der Waals surface area contributed by atoms with Crippen LogP contribution < -0.4 is 0 Å². The number of benzene rings is 1. The van der Waals surface area contributed by atoms with Gasteiger partial charge >= 0.3 is 5.97 Å². The SMILES string of the molecule is CCC(C(=O)O)C(=O)c1coc2ccccc12. The van der Waals surface area contributed by atoms with E-state index in [1.54, 1.807) is 31.2 Å². The number of carboxylic acid groups (broad SMARTS) is 1. The molecule has 0 fully saturated rings. The third-order valence-corrected chi connectivity index (χ3v) is 2.77. The molecule has 0 saturated carbocycles. The van der Waals surface area contributed by atoms with Crippen LogP contribution in [0.5, 0.6) is 0 Å². The second-order valence-corrected chi connectivity index (χ2v) is 3.81. The molecule has 1 atom stereocenters. The maximum atomic E-state index is 12.1. The smallest absolute Gasteiger partial charge is 0.314 e. The van der Waals surface area contributed by atoms with Crippen LogP contribution in [0.15, 0.2) is 34.9 Å². The zero-order valence-electron chi connectivity index (χ0n) is 9.34. The summed E-state index contributed by atoms with van der Waals surface area (Å²) in [6, 6.07) is 7.08. The molecule has 0 bridgehead atoms. The molecule has 0 amide bonds. The monoisotopic (exact) mass is 232 g/mol. The van der Waals surface area contributed by atoms with Crippen LogP contribution in [-0.2, 0) is 4.79 Å². The van der Waals surface area contributed by atoms with Gasteiger partial charge in [-0.1, -0.05) is 25.1 Å². The average Bonchev–Trinajstić information content (AvgIpc) is 2.72. The van der Waals surface area contributed by atoms with Crippen molar-refractivity contribution >= 4 is 22.7 Å². The molecule has 0 aliphatic heterocycles. The molecule has 4 nitrogen and oxygen atoms in total. The standard InChI is InChI=1S/C13H12O4/c1-2-8(13(15)16)12(14)10-7-17-11-6-4-3-5-9(10)11/h3-8H,2H2,1H3,(H,15,16). The lowest BCUT2D eigenvalue weighted by Crippen LogP contribution is -2.22. The van der Waals surface area contributed by atoms with Crippen LogP contribution in [0.2, 0.25) is 0 Å². The molecular formula is C13H12O4. The molecule has 1 aromatic carbocycles. The Hall–Kier alpha value is -2.10. The molecule has 1 unspecified atom stereocenters. The van der Waals surface area contributed by atoms with Crippen LogP contribution in [0.4, 0.5) is 0 Å². The van der Waals surface area contributed by atoms with Gasteiger partial charge in [-0.05, 0) is 12.5 Å². The zero-order chi connectivity index (χ0) is 12.4. The third-order valence-electron chi connectivity index (χ3n) is 2.77. The summed E-state index contributed by atoms with van der Waals surface area (Å²) in [6.07, 6.45) is 1.60. The van der Waals surface area contributed by atoms with Gasteiger partial charge in [0.15, 0.2) is 5.78 Å². The Kier molecular flexibility index (Phi) is 2.95. The Bertz CT molecular complexity index is 568. The van der Waals surface area contributed by atoms with Crippen LogP contribution in [0, 0.1) is 5.92 Å². The van der Waals surface area contributed by atoms with E-state index in [2.05, 4.69) is 0 Å². The van der Waals surface area contributed by atoms with E-state index in [1.807, 2.05) is 0 Å². The van der Waals surface area contributed by atoms with E-state index >= 15 is 0 Å². The highest BCUT2D eigenvalue weighted by molar-refractivity contribution is 6.14. The number of fused-ring (bicyclic) bond motifs is 1. The molecule has 4 heteroatoms. The molecule has 0 aliphatic rings. The maximum Gasteiger partial charge on any atom is 0.314 e. The van der Waals surface area contributed by atoms with Crippen LogP contribution in [0.1, 0.15) is 23.7 Å². The molecule has 0 aliphatic carbocycles. The van der Waals surface area contributed by atoms with Gasteiger partial charge in [0.2, 0.25) is 0 Å². The number of carbonyl (C=O) groups is 2. The first-order chi connectivity index (χ1) is 8.15. The van der Waals surface area contributed by atoms with E-state index in [1.165, 1.54) is 6.26 Å². The normalized spacial score (nSPS) is 12.5. The number of furan rings is 1. The fraction of sp³-hybridized carbons (Fsp3) is 0.231. The molecule has 0 saturated heterocycles. The largest absolute Gasteiger partial charge is 0.481 e. The van der Waals surface area contributed by atoms with Gasteiger partial charge < -0.3 is 9.52 Å². The first-order valence-corrected chi connectivity index (χ1v) is 5.38. The minimum atomic E-state index is -1.09. The zero-order valence-corrected chi connectivity index (χ0v) is 9.34. The number of aliphatic carboxylic acids is 1. The van der Waals surface area contributed by atoms with E-state index in [-0.39, 0.29) is 6.42 Å². The van der Waals surface area contributed by atoms with E-state index in [0.29, 0.717) is 16.5 Å². The number of hydrogen-bond acceptors (Lipinski definition) is 3. The summed E-state index contributed by atoms with van der Waals surface area (Å²) in [5.74, 6) is -2.50. The molecule has 2 rings (SSSR count). The fourth-order valence-corrected chi connectivity index (χ4v) is 1.83. The lowest BCUT2D eigenvalue weighted by atomic mass is 9.95. The Morgan fingerprint density at radius 1 is 1.35 bits per heavy atom. The summed E-state index contributed by atoms with van der Waals surface area (Å²) >= 11 is 0. The van der Waals surface area contributed by atoms with Crippen molar-refractivity contribution in [2.24, 2.45) is 5.92 Å². The number of hydrogen-bond donors (Lipinski definition) is 1. The quantitative estimate of drug-likeness (QED) is 0.650. The van der Waals surface area contributed by atoms with Crippen molar-refractivity contribution in [3.05, 3.63) is 36.1 Å². The maximum absolute atomic E-state index is 12.1. The van der Waals surface area contributed by atoms with Crippen LogP contribution >= 0.6 is 0 Å². The van der Waals surface area contributed by atoms with Crippen molar-refractivity contribution in [1.29, 1.82) is 0 Å². The van der Waals surface area contributed by atoms with Crippen molar-refractivity contribution in [2.75, 3.05) is 0 Å². The topological polar surface area (TPSA) is 67.5 Å². The number of rotatable bonds is 4. The molecule has 88 valence electrons. The summed E-state index contributed by atoms with van der Waals surface area (Å²) in [4.78, 5) is 23.0. The van der Waals surface area contributed by atoms with Gasteiger partial charge in [0.05, 0.1) is 5.56 Å². The third kappa shape index (κ3) is 1.93. The molecule has 1 heterocycles. The Labute approximate surface area is 97.8 Å². The molecule has 2 aromatic rings. The fourth-order valence-electron chi connectivity index (χ4n) is 1.83. The van der Waals surface area contributed by atoms with E-state index in [4.69, 9.17) is 9.52 Å². The van der Waals surface area contributed by atoms with Gasteiger partial charge in [0.1, 0.15) is 17.8 Å². The minimum absolute atomic E-state index is 0.272. The summed E-state index contributed by atoms with van der Waals surface area (Å²) in [6.45, 7) is 1.68. The first kappa shape index (κ1) is 11.4. The average molecular weight is 232 g/mol. The number of carbonyl (C=O) groups excluding carboxylic acids is 1. The van der Waals surface area contributed by atoms with Crippen LogP contribution in [-0.4, -0.2) is 16.9 Å². The van der Waals surface area contributed by atoms with Gasteiger partial charge in [-0.2, -0.15) is 0 Å². The number of Topliss-reactive ketones (excluding diaryl/α,β-unsaturated/α-hetero) is 1. The predicted molar refractivity (Wildman–Crippen MR) is 62.0 cm³/mol. The van der Waals surface area contributed by atoms with Crippen LogP contribution in [0.25, 0.3) is 11.0 Å². The van der Waals surface area contributed by atoms with Gasteiger partial charge in [-0.3, -0.25) is 9.59 Å². The van der Waals surface area contributed by atoms with Gasteiger partial charge in [-0.15, -0.1) is 0 Å². The first-order valence-electron chi connectivity index (χ1n) is 5.38. The number of ketones is 1. The molecule has 0 radical (unpaired) electrons. The lowest BCUT2D eigenvalue weighted by molar-refractivity contribution is -0.140. The minimum Gasteiger partial charge on any atom is -0.481 e. The van der Waals surface area contributed by atoms with Crippen molar-refractivity contribution in [3.63, 3.8) is 0 Å². The molecule has 1 N–H and O–H groups in total. The predicted octanol–water partition coefficient (Wildman–Crippen LogP) is 2.73. The number of para-hydroxylation sites is 1. The van der Waals surface area contributed by atoms with Crippen molar-refractivity contribution in [3.8, 4) is 0 Å². The van der Waals surface area contributed by atoms with E-state index < -0.39 is 17.7 Å². The molecular weight excluding hydrogens is 220 g/mol. The van der Waals surface area contributed by atoms with Crippen molar-refractivity contribution in [1.82, 2.24) is 0 Å². The highest BCUT2D eigenvalue weighted by atomic mass is 16.4. The molecule has 1 aromatic heterocycles. The van der Waals surface area contributed by atoms with E-state index in [9.17, 15) is 9.59 Å². The second-order valence-electron chi connectivity index (χ2n) is 3.81. The Morgan fingerprint density at radius 2 is 2.06 bits per heavy atom. The van der Waals surface area contributed by atoms with Gasteiger partial charge in [0.25, 0.3) is 0 Å². The molecule has 0 spiro atoms. The summed E-state index contributed by atoms with van der Waals surface area (Å²) in [5.41, 5.74) is 0.936. The van der Waals surface area contributed by atoms with Gasteiger partial charge in [-0.25, -0.2) is 0 Å². The highest BCUT2D eigenvalue weighted by Gasteiger charge is 2.27. The van der Waals surface area contributed by atoms with Crippen molar-refractivity contribution in [2.45, 2.75) is 13.3 Å². The van der Waals surface area contributed by atoms with Gasteiger partial charge in [0, 0.05) is 5.39 Å². The summed E-state index contributed by atoms with van der Waals surface area (Å²) in [5, 5.41) is 9.63. The lowest BCUT2D eigenvalue weighted by Gasteiger charge is -2.06. The summed E-state index contributed by atoms with van der Waals surface area (Å²) in [7, 11) is 0. The van der Waals surface area contributed by atoms with Crippen molar-refractivity contribution < 1.29 is 19.1 Å². The Morgan fingerprint density at radius 3 is 2.71 bits per heavy atom. The molecule has 17 heavy (non-hydrogen) atoms. The van der Waals surface area contributed by atoms with Crippen LogP contribution in [0.3, 0.4) is 0 Å². The second kappa shape index (κ2) is 4.41. The summed E-state index contributed by atoms with van der Waals surface area (Å²) < 4.78 is 5.23.